The molecule has 0 saturated carbocycles. The maximum absolute atomic E-state index is 13.3. The molecule has 4 rings (SSSR count). The first-order valence-corrected chi connectivity index (χ1v) is 17.9. The maximum atomic E-state index is 13.3. The van der Waals surface area contributed by atoms with Crippen LogP contribution in [0.3, 0.4) is 0 Å². The van der Waals surface area contributed by atoms with E-state index in [1.165, 1.54) is 7.11 Å². The van der Waals surface area contributed by atoms with Gasteiger partial charge in [-0.25, -0.2) is 19.7 Å². The summed E-state index contributed by atoms with van der Waals surface area (Å²) in [4.78, 5) is 28.8. The minimum absolute atomic E-state index is 0.0332. The first kappa shape index (κ1) is 33.6. The molecular weight excluding hydrogens is 598 g/mol. The standard InChI is InChI=1S/C32H44ClN5O5Si/c1-30(2,3)43-29(40)38-18-32(7,19-42-44(9,10)31(4,5)6)22-13-20(16-35-27(22)38)24-11-12-34-28(36-24)37-25-15-23(33)21(17-39)14-26(25)41-8/h11-16,39H,17-19H2,1-10H3,(H,34,36,37). The van der Waals surface area contributed by atoms with Crippen LogP contribution in [0.4, 0.5) is 22.2 Å². The van der Waals surface area contributed by atoms with Crippen molar-refractivity contribution in [2.75, 3.05) is 30.5 Å². The van der Waals surface area contributed by atoms with E-state index in [1.807, 2.05) is 26.8 Å². The van der Waals surface area contributed by atoms with Crippen LogP contribution >= 0.6 is 11.6 Å². The number of aliphatic hydroxyl groups is 1. The van der Waals surface area contributed by atoms with Gasteiger partial charge in [-0.3, -0.25) is 4.90 Å². The Morgan fingerprint density at radius 3 is 2.48 bits per heavy atom. The molecule has 2 aromatic heterocycles. The Labute approximate surface area is 266 Å². The molecule has 2 N–H and O–H groups in total. The molecule has 0 aliphatic carbocycles. The molecule has 0 bridgehead atoms. The van der Waals surface area contributed by atoms with Gasteiger partial charge in [-0.1, -0.05) is 39.3 Å². The Hall–Kier alpha value is -3.25. The van der Waals surface area contributed by atoms with E-state index in [4.69, 9.17) is 35.5 Å². The topological polar surface area (TPSA) is 119 Å². The van der Waals surface area contributed by atoms with E-state index in [-0.39, 0.29) is 11.6 Å². The van der Waals surface area contributed by atoms with Crippen LogP contribution in [0.15, 0.2) is 36.7 Å². The Balaban J connectivity index is 1.71. The van der Waals surface area contributed by atoms with Crippen molar-refractivity contribution in [2.45, 2.75) is 84.2 Å². The predicted molar refractivity (Wildman–Crippen MR) is 177 cm³/mol. The summed E-state index contributed by atoms with van der Waals surface area (Å²) in [6, 6.07) is 7.17. The number of carbonyl (C=O) groups excluding carboxylic acids is 1. The van der Waals surface area contributed by atoms with Gasteiger partial charge >= 0.3 is 6.09 Å². The van der Waals surface area contributed by atoms with Crippen LogP contribution in [0, 0.1) is 0 Å². The van der Waals surface area contributed by atoms with Crippen LogP contribution in [-0.4, -0.2) is 60.3 Å². The summed E-state index contributed by atoms with van der Waals surface area (Å²) in [5.74, 6) is 1.37. The molecule has 238 valence electrons. The highest BCUT2D eigenvalue weighted by molar-refractivity contribution is 6.74. The van der Waals surface area contributed by atoms with Gasteiger partial charge in [0.05, 0.1) is 25.1 Å². The number of pyridine rings is 1. The van der Waals surface area contributed by atoms with Crippen molar-refractivity contribution >= 4 is 43.5 Å². The number of fused-ring (bicyclic) bond motifs is 1. The smallest absolute Gasteiger partial charge is 0.416 e. The van der Waals surface area contributed by atoms with E-state index in [0.29, 0.717) is 52.6 Å². The number of hydrogen-bond donors (Lipinski definition) is 2. The molecule has 1 amide bonds. The lowest BCUT2D eigenvalue weighted by atomic mass is 9.85. The molecule has 1 unspecified atom stereocenters. The number of anilines is 3. The average molecular weight is 642 g/mol. The van der Waals surface area contributed by atoms with Crippen molar-refractivity contribution in [3.8, 4) is 17.0 Å². The highest BCUT2D eigenvalue weighted by Crippen LogP contribution is 2.44. The second-order valence-corrected chi connectivity index (χ2v) is 19.2. The van der Waals surface area contributed by atoms with Crippen LogP contribution in [-0.2, 0) is 21.2 Å². The van der Waals surface area contributed by atoms with Crippen molar-refractivity contribution in [1.82, 2.24) is 15.0 Å². The van der Waals surface area contributed by atoms with Crippen LogP contribution in [0.25, 0.3) is 11.3 Å². The van der Waals surface area contributed by atoms with Gasteiger partial charge in [0.1, 0.15) is 17.2 Å². The van der Waals surface area contributed by atoms with Crippen LogP contribution < -0.4 is 15.0 Å². The summed E-state index contributed by atoms with van der Waals surface area (Å²) in [7, 11) is -0.549. The molecule has 0 fully saturated rings. The van der Waals surface area contributed by atoms with Gasteiger partial charge in [0.15, 0.2) is 8.32 Å². The Bertz CT molecular complexity index is 1540. The number of methoxy groups -OCH3 is 1. The third-order valence-corrected chi connectivity index (χ3v) is 13.0. The molecule has 1 atom stereocenters. The largest absolute Gasteiger partial charge is 0.495 e. The van der Waals surface area contributed by atoms with Gasteiger partial charge in [-0.15, -0.1) is 0 Å². The number of hydrogen-bond acceptors (Lipinski definition) is 9. The second-order valence-electron chi connectivity index (χ2n) is 14.0. The Kier molecular flexibility index (Phi) is 9.38. The fourth-order valence-corrected chi connectivity index (χ4v) is 5.93. The van der Waals surface area contributed by atoms with Crippen LogP contribution in [0.2, 0.25) is 23.2 Å². The summed E-state index contributed by atoms with van der Waals surface area (Å²) >= 11 is 6.33. The second kappa shape index (κ2) is 12.3. The van der Waals surface area contributed by atoms with Crippen molar-refractivity contribution < 1.29 is 23.8 Å². The van der Waals surface area contributed by atoms with Gasteiger partial charge in [-0.2, -0.15) is 0 Å². The van der Waals surface area contributed by atoms with Crippen LogP contribution in [0.1, 0.15) is 59.6 Å². The maximum Gasteiger partial charge on any atom is 0.416 e. The third-order valence-electron chi connectivity index (χ3n) is 8.19. The number of aromatic nitrogens is 3. The third kappa shape index (κ3) is 7.17. The average Bonchev–Trinajstić information content (AvgIpc) is 3.23. The number of rotatable bonds is 8. The van der Waals surface area contributed by atoms with E-state index in [2.05, 4.69) is 51.1 Å². The fourth-order valence-electron chi connectivity index (χ4n) is 4.60. The summed E-state index contributed by atoms with van der Waals surface area (Å²) < 4.78 is 17.9. The van der Waals surface area contributed by atoms with Crippen molar-refractivity contribution in [1.29, 1.82) is 0 Å². The number of carbonyl (C=O) groups is 1. The van der Waals surface area contributed by atoms with E-state index in [9.17, 15) is 9.90 Å². The minimum Gasteiger partial charge on any atom is -0.495 e. The van der Waals surface area contributed by atoms with Crippen molar-refractivity contribution in [3.05, 3.63) is 52.8 Å². The molecule has 0 saturated heterocycles. The van der Waals surface area contributed by atoms with E-state index < -0.39 is 25.4 Å². The first-order chi connectivity index (χ1) is 20.4. The molecule has 44 heavy (non-hydrogen) atoms. The molecule has 3 aromatic rings. The highest BCUT2D eigenvalue weighted by atomic mass is 35.5. The summed E-state index contributed by atoms with van der Waals surface area (Å²) in [5.41, 5.74) is 2.22. The molecule has 0 spiro atoms. The molecule has 3 heterocycles. The fraction of sp³-hybridized carbons (Fsp3) is 0.500. The number of halogens is 1. The van der Waals surface area contributed by atoms with Crippen molar-refractivity contribution in [2.24, 2.45) is 0 Å². The lowest BCUT2D eigenvalue weighted by molar-refractivity contribution is 0.0574. The lowest BCUT2D eigenvalue weighted by Gasteiger charge is -2.39. The zero-order valence-electron chi connectivity index (χ0n) is 27.3. The molecule has 1 aliphatic rings. The van der Waals surface area contributed by atoms with Gasteiger partial charge < -0.3 is 24.3 Å². The quantitative estimate of drug-likeness (QED) is 0.241. The molecule has 10 nitrogen and oxygen atoms in total. The normalized spacial score (nSPS) is 17.0. The molecule has 1 aromatic carbocycles. The number of nitrogens with zero attached hydrogens (tertiary/aromatic N) is 4. The summed E-state index contributed by atoms with van der Waals surface area (Å²) in [6.45, 7) is 19.3. The molecule has 0 radical (unpaired) electrons. The van der Waals surface area contributed by atoms with Crippen molar-refractivity contribution in [3.63, 3.8) is 0 Å². The molecular formula is C32H44ClN5O5Si. The van der Waals surface area contributed by atoms with Gasteiger partial charge in [0, 0.05) is 47.1 Å². The lowest BCUT2D eigenvalue weighted by Crippen LogP contribution is -2.46. The van der Waals surface area contributed by atoms with E-state index in [1.54, 1.807) is 35.5 Å². The molecule has 1 aliphatic heterocycles. The number of benzene rings is 1. The minimum atomic E-state index is -2.09. The monoisotopic (exact) mass is 641 g/mol. The Morgan fingerprint density at radius 2 is 1.86 bits per heavy atom. The number of nitrogens with one attached hydrogen (secondary N) is 1. The van der Waals surface area contributed by atoms with Gasteiger partial charge in [-0.05, 0) is 68.7 Å². The highest BCUT2D eigenvalue weighted by Gasteiger charge is 2.47. The van der Waals surface area contributed by atoms with Gasteiger partial charge in [0.25, 0.3) is 0 Å². The zero-order chi connectivity index (χ0) is 32.7. The number of ether oxygens (including phenoxy) is 2. The summed E-state index contributed by atoms with van der Waals surface area (Å²) in [5, 5.41) is 13.2. The van der Waals surface area contributed by atoms with E-state index >= 15 is 0 Å². The SMILES string of the molecule is COc1cc(CO)c(Cl)cc1Nc1nccc(-c2cnc3c(c2)C(C)(CO[Si](C)(C)C(C)(C)C)CN3C(=O)OC(C)(C)C)n1. The first-order valence-electron chi connectivity index (χ1n) is 14.6. The van der Waals surface area contributed by atoms with E-state index in [0.717, 1.165) is 11.1 Å². The Morgan fingerprint density at radius 1 is 1.16 bits per heavy atom. The summed E-state index contributed by atoms with van der Waals surface area (Å²) in [6.07, 6.45) is 2.92. The predicted octanol–water partition coefficient (Wildman–Crippen LogP) is 7.47. The number of amides is 1. The molecule has 12 heteroatoms. The van der Waals surface area contributed by atoms with Gasteiger partial charge in [0.2, 0.25) is 5.95 Å². The van der Waals surface area contributed by atoms with Crippen LogP contribution in [0.5, 0.6) is 5.75 Å². The zero-order valence-corrected chi connectivity index (χ0v) is 29.1. The number of aliphatic hydroxyl groups excluding tert-OH is 1.